The van der Waals surface area contributed by atoms with Gasteiger partial charge in [-0.15, -0.1) is 0 Å². The van der Waals surface area contributed by atoms with Crippen LogP contribution >= 0.6 is 0 Å². The largest absolute Gasteiger partial charge is 0.392 e. The maximum Gasteiger partial charge on any atom is 0.110 e. The quantitative estimate of drug-likeness (QED) is 0.324. The van der Waals surface area contributed by atoms with Gasteiger partial charge in [0.15, 0.2) is 0 Å². The van der Waals surface area contributed by atoms with Crippen LogP contribution in [0.5, 0.6) is 0 Å². The second kappa shape index (κ2) is 7.11. The van der Waals surface area contributed by atoms with E-state index in [2.05, 4.69) is 11.8 Å². The first-order chi connectivity index (χ1) is 15.7. The molecule has 7 bridgehead atoms. The van der Waals surface area contributed by atoms with Crippen molar-refractivity contribution < 1.29 is 39.7 Å². The van der Waals surface area contributed by atoms with Gasteiger partial charge in [0, 0.05) is 74.8 Å². The lowest BCUT2D eigenvalue weighted by molar-refractivity contribution is -0.308. The molecule has 0 amide bonds. The van der Waals surface area contributed by atoms with E-state index in [1.54, 1.807) is 14.2 Å². The van der Waals surface area contributed by atoms with Gasteiger partial charge in [-0.2, -0.15) is 0 Å². The number of hydrogen-bond acceptors (Lipinski definition) is 9. The van der Waals surface area contributed by atoms with Crippen molar-refractivity contribution in [1.82, 2.24) is 4.90 Å². The van der Waals surface area contributed by atoms with Crippen LogP contribution in [0.25, 0.3) is 0 Å². The third kappa shape index (κ3) is 2.19. The average molecular weight is 470 g/mol. The fourth-order valence-corrected chi connectivity index (χ4v) is 10.7. The van der Waals surface area contributed by atoms with Crippen LogP contribution in [0.1, 0.15) is 19.8 Å². The summed E-state index contributed by atoms with van der Waals surface area (Å²) in [6.45, 7) is 3.61. The van der Waals surface area contributed by atoms with Gasteiger partial charge in [0.05, 0.1) is 37.1 Å². The molecule has 1 heterocycles. The fourth-order valence-electron chi connectivity index (χ4n) is 10.7. The Morgan fingerprint density at radius 2 is 1.64 bits per heavy atom. The number of aliphatic hydroxyl groups excluding tert-OH is 4. The van der Waals surface area contributed by atoms with E-state index in [9.17, 15) is 25.5 Å². The van der Waals surface area contributed by atoms with Crippen LogP contribution in [0, 0.1) is 40.4 Å². The van der Waals surface area contributed by atoms with Crippen LogP contribution in [0.15, 0.2) is 0 Å². The Kier molecular flexibility index (Phi) is 4.97. The predicted octanol–water partition coefficient (Wildman–Crippen LogP) is -1.56. The SMILES string of the molecule is CCN1C[C@]2(COC)[C@H](O)C[C@H](O)C34C1C([C@H](OC)[C@@H]32)[C@]1(O)[C@H]2[C@@H](O)[C@H](C[C@H]24)[C@@H](OC)[C@H]1O. The zero-order valence-electron chi connectivity index (χ0n) is 19.9. The summed E-state index contributed by atoms with van der Waals surface area (Å²) in [6, 6.07) is -0.243. The van der Waals surface area contributed by atoms with Gasteiger partial charge in [0.1, 0.15) is 11.7 Å². The molecule has 5 N–H and O–H groups in total. The summed E-state index contributed by atoms with van der Waals surface area (Å²) < 4.78 is 17.6. The Morgan fingerprint density at radius 1 is 0.939 bits per heavy atom. The van der Waals surface area contributed by atoms with Crippen LogP contribution in [0.2, 0.25) is 0 Å². The van der Waals surface area contributed by atoms with Crippen molar-refractivity contribution in [3.63, 3.8) is 0 Å². The average Bonchev–Trinajstić information content (AvgIpc) is 3.20. The zero-order valence-corrected chi connectivity index (χ0v) is 19.9. The topological polar surface area (TPSA) is 132 Å². The van der Waals surface area contributed by atoms with E-state index in [0.717, 1.165) is 0 Å². The van der Waals surface area contributed by atoms with Crippen molar-refractivity contribution in [1.29, 1.82) is 0 Å². The van der Waals surface area contributed by atoms with Gasteiger partial charge < -0.3 is 39.7 Å². The summed E-state index contributed by atoms with van der Waals surface area (Å²) in [5.74, 6) is -1.97. The molecule has 0 aromatic heterocycles. The Morgan fingerprint density at radius 3 is 2.24 bits per heavy atom. The molecule has 0 aromatic carbocycles. The van der Waals surface area contributed by atoms with E-state index in [0.29, 0.717) is 26.1 Å². The smallest absolute Gasteiger partial charge is 0.110 e. The molecular formula is C24H39NO8. The number of piperidine rings is 1. The van der Waals surface area contributed by atoms with Gasteiger partial charge in [-0.05, 0) is 18.9 Å². The Balaban J connectivity index is 1.66. The molecule has 6 rings (SSSR count). The van der Waals surface area contributed by atoms with Crippen molar-refractivity contribution in [2.45, 2.75) is 68.0 Å². The number of methoxy groups -OCH3 is 3. The van der Waals surface area contributed by atoms with Gasteiger partial charge in [0.2, 0.25) is 0 Å². The van der Waals surface area contributed by atoms with E-state index in [1.807, 2.05) is 0 Å². The normalized spacial score (nSPS) is 63.2. The van der Waals surface area contributed by atoms with E-state index < -0.39 is 64.9 Å². The van der Waals surface area contributed by atoms with Crippen molar-refractivity contribution in [3.8, 4) is 0 Å². The molecule has 33 heavy (non-hydrogen) atoms. The van der Waals surface area contributed by atoms with Crippen molar-refractivity contribution in [3.05, 3.63) is 0 Å². The van der Waals surface area contributed by atoms with E-state index >= 15 is 0 Å². The molecule has 6 fully saturated rings. The maximum absolute atomic E-state index is 12.5. The molecule has 188 valence electrons. The molecule has 5 aliphatic carbocycles. The molecular weight excluding hydrogens is 430 g/mol. The highest BCUT2D eigenvalue weighted by Crippen LogP contribution is 2.79. The van der Waals surface area contributed by atoms with E-state index in [4.69, 9.17) is 14.2 Å². The van der Waals surface area contributed by atoms with Crippen LogP contribution in [-0.4, -0.2) is 120 Å². The first-order valence-corrected chi connectivity index (χ1v) is 12.4. The first-order valence-electron chi connectivity index (χ1n) is 12.4. The summed E-state index contributed by atoms with van der Waals surface area (Å²) in [5.41, 5.74) is -3.00. The van der Waals surface area contributed by atoms with Gasteiger partial charge in [-0.3, -0.25) is 4.90 Å². The molecule has 0 aromatic rings. The van der Waals surface area contributed by atoms with Crippen LogP contribution in [-0.2, 0) is 14.2 Å². The van der Waals surface area contributed by atoms with Gasteiger partial charge >= 0.3 is 0 Å². The molecule has 1 aliphatic heterocycles. The van der Waals surface area contributed by atoms with Crippen molar-refractivity contribution in [2.75, 3.05) is 41.0 Å². The summed E-state index contributed by atoms with van der Waals surface area (Å²) in [5, 5.41) is 58.8. The minimum absolute atomic E-state index is 0.232. The van der Waals surface area contributed by atoms with Crippen LogP contribution in [0.4, 0.5) is 0 Å². The molecule has 15 atom stereocenters. The molecule has 1 saturated heterocycles. The van der Waals surface area contributed by atoms with Crippen LogP contribution < -0.4 is 0 Å². The van der Waals surface area contributed by atoms with Gasteiger partial charge in [0.25, 0.3) is 0 Å². The second-order valence-electron chi connectivity index (χ2n) is 11.7. The first kappa shape index (κ1) is 23.1. The molecule has 3 unspecified atom stereocenters. The van der Waals surface area contributed by atoms with Gasteiger partial charge in [-0.1, -0.05) is 6.92 Å². The molecule has 5 saturated carbocycles. The molecule has 6 aliphatic rings. The lowest BCUT2D eigenvalue weighted by Crippen LogP contribution is -2.80. The molecule has 9 heteroatoms. The Bertz CT molecular complexity index is 815. The van der Waals surface area contributed by atoms with Crippen molar-refractivity contribution in [2.24, 2.45) is 40.4 Å². The summed E-state index contributed by atoms with van der Waals surface area (Å²) in [7, 11) is 4.77. The van der Waals surface area contributed by atoms with Crippen LogP contribution in [0.3, 0.4) is 0 Å². The predicted molar refractivity (Wildman–Crippen MR) is 115 cm³/mol. The molecule has 1 spiro atoms. The monoisotopic (exact) mass is 469 g/mol. The highest BCUT2D eigenvalue weighted by molar-refractivity contribution is 5.37. The second-order valence-corrected chi connectivity index (χ2v) is 11.7. The number of rotatable bonds is 5. The number of nitrogens with zero attached hydrogens (tertiary/aromatic N) is 1. The minimum atomic E-state index is -1.63. The number of aliphatic hydroxyl groups is 5. The highest BCUT2D eigenvalue weighted by Gasteiger charge is 2.88. The number of hydrogen-bond donors (Lipinski definition) is 5. The summed E-state index contributed by atoms with van der Waals surface area (Å²) in [6.07, 6.45) is -4.04. The summed E-state index contributed by atoms with van der Waals surface area (Å²) >= 11 is 0. The standard InChI is InChI=1S/C24H39NO8/c1-5-25-8-22(9-31-2)12(26)7-13(27)23-11-6-10-16(28)14(11)24(30,21(29)17(10)32-3)15(20(23)25)18(33-4)19(22)23/h10-21,26-30H,5-9H2,1-4H3/t10-,11+,12+,13-,14+,15?,16-,17+,18-,19+,20?,21+,22-,23?,24+/m0/s1. The molecule has 0 radical (unpaired) electrons. The number of ether oxygens (including phenoxy) is 3. The summed E-state index contributed by atoms with van der Waals surface area (Å²) in [4.78, 5) is 2.27. The van der Waals surface area contributed by atoms with Gasteiger partial charge in [-0.25, -0.2) is 0 Å². The Labute approximate surface area is 194 Å². The van der Waals surface area contributed by atoms with E-state index in [1.165, 1.54) is 7.11 Å². The number of likely N-dealkylation sites (tertiary alicyclic amines) is 1. The lowest BCUT2D eigenvalue weighted by atomic mass is 9.42. The zero-order chi connectivity index (χ0) is 23.7. The number of fused-ring (bicyclic) bond motifs is 2. The third-order valence-corrected chi connectivity index (χ3v) is 11.3. The fraction of sp³-hybridized carbons (Fsp3) is 1.00. The molecule has 9 nitrogen and oxygen atoms in total. The maximum atomic E-state index is 12.5. The van der Waals surface area contributed by atoms with Crippen molar-refractivity contribution >= 4 is 0 Å². The Hall–Kier alpha value is -0.360. The lowest BCUT2D eigenvalue weighted by Gasteiger charge is -2.69. The minimum Gasteiger partial charge on any atom is -0.392 e. The van der Waals surface area contributed by atoms with E-state index in [-0.39, 0.29) is 30.2 Å². The highest BCUT2D eigenvalue weighted by atomic mass is 16.5. The third-order valence-electron chi connectivity index (χ3n) is 11.3.